The number of hydrogen-bond donors (Lipinski definition) is 0. The first kappa shape index (κ1) is 71.6. The van der Waals surface area contributed by atoms with Crippen LogP contribution in [-0.2, 0) is 28.6 Å². The average molecular weight is 1050 g/mol. The van der Waals surface area contributed by atoms with E-state index in [1.807, 2.05) is 6.08 Å². The number of esters is 3. The summed E-state index contributed by atoms with van der Waals surface area (Å²) in [5.74, 6) is -0.977. The summed E-state index contributed by atoms with van der Waals surface area (Å²) in [6.07, 6.45) is 83.2. The quantitative estimate of drug-likeness (QED) is 0.0261. The second-order valence-electron chi connectivity index (χ2n) is 21.3. The van der Waals surface area contributed by atoms with Crippen molar-refractivity contribution in [1.29, 1.82) is 0 Å². The van der Waals surface area contributed by atoms with E-state index in [-0.39, 0.29) is 37.5 Å². The van der Waals surface area contributed by atoms with Crippen LogP contribution in [0.15, 0.2) is 85.1 Å². The lowest BCUT2D eigenvalue weighted by Crippen LogP contribution is -2.30. The van der Waals surface area contributed by atoms with Crippen molar-refractivity contribution in [1.82, 2.24) is 0 Å². The molecule has 0 aliphatic heterocycles. The molecule has 0 heterocycles. The Labute approximate surface area is 465 Å². The smallest absolute Gasteiger partial charge is 0.306 e. The van der Waals surface area contributed by atoms with Crippen LogP contribution in [0.2, 0.25) is 0 Å². The van der Waals surface area contributed by atoms with Gasteiger partial charge in [0.1, 0.15) is 13.2 Å². The molecule has 0 saturated heterocycles. The van der Waals surface area contributed by atoms with E-state index in [1.54, 1.807) is 0 Å². The van der Waals surface area contributed by atoms with Crippen LogP contribution >= 0.6 is 0 Å². The molecule has 1 unspecified atom stereocenters. The van der Waals surface area contributed by atoms with Crippen LogP contribution in [0, 0.1) is 0 Å². The number of ether oxygens (including phenoxy) is 3. The minimum absolute atomic E-state index is 0.0992. The standard InChI is InChI=1S/C69H120O6/c1-4-7-10-13-16-19-22-25-27-29-31-33-34-36-37-39-41-44-47-50-53-56-59-62-68(71)74-65-66(64-73-67(70)61-58-55-52-49-46-43-24-21-18-15-12-9-6-3)75-69(72)63-60-57-54-51-48-45-42-40-38-35-32-30-28-26-23-20-17-14-11-8-5-2/h9,12,18,21-22,25,29-32,43,46,52,55,66H,4-8,10-11,13-17,19-20,23-24,26-28,33-42,44-45,47-51,53-54,56-65H2,1-3H3/b12-9-,21-18-,25-22-,31-29-,32-30-,46-43-,55-52-. The summed E-state index contributed by atoms with van der Waals surface area (Å²) in [6.45, 7) is 6.48. The Balaban J connectivity index is 4.35. The Morgan fingerprint density at radius 1 is 0.280 bits per heavy atom. The van der Waals surface area contributed by atoms with E-state index in [4.69, 9.17) is 14.2 Å². The fraction of sp³-hybridized carbons (Fsp3) is 0.754. The molecular formula is C69H120O6. The lowest BCUT2D eigenvalue weighted by Gasteiger charge is -2.18. The van der Waals surface area contributed by atoms with E-state index in [1.165, 1.54) is 199 Å². The van der Waals surface area contributed by atoms with E-state index in [2.05, 4.69) is 99.8 Å². The van der Waals surface area contributed by atoms with Gasteiger partial charge in [0.2, 0.25) is 0 Å². The highest BCUT2D eigenvalue weighted by atomic mass is 16.6. The first-order valence-electron chi connectivity index (χ1n) is 32.1. The van der Waals surface area contributed by atoms with Gasteiger partial charge in [-0.25, -0.2) is 0 Å². The molecule has 6 nitrogen and oxygen atoms in total. The van der Waals surface area contributed by atoms with Crippen LogP contribution in [0.1, 0.15) is 316 Å². The van der Waals surface area contributed by atoms with E-state index < -0.39 is 6.10 Å². The summed E-state index contributed by atoms with van der Waals surface area (Å²) < 4.78 is 16.8. The van der Waals surface area contributed by atoms with Crippen molar-refractivity contribution in [3.8, 4) is 0 Å². The molecule has 75 heavy (non-hydrogen) atoms. The molecule has 0 radical (unpaired) electrons. The summed E-state index contributed by atoms with van der Waals surface area (Å²) in [5, 5.41) is 0. The third kappa shape index (κ3) is 61.3. The molecule has 6 heteroatoms. The first-order valence-corrected chi connectivity index (χ1v) is 32.1. The molecule has 0 amide bonds. The van der Waals surface area contributed by atoms with Crippen molar-refractivity contribution in [3.63, 3.8) is 0 Å². The van der Waals surface area contributed by atoms with Crippen molar-refractivity contribution in [2.75, 3.05) is 13.2 Å². The molecule has 0 spiro atoms. The number of carbonyl (C=O) groups is 3. The molecule has 0 saturated carbocycles. The van der Waals surface area contributed by atoms with Crippen LogP contribution < -0.4 is 0 Å². The summed E-state index contributed by atoms with van der Waals surface area (Å²) in [5.41, 5.74) is 0. The summed E-state index contributed by atoms with van der Waals surface area (Å²) in [6, 6.07) is 0. The van der Waals surface area contributed by atoms with Crippen molar-refractivity contribution >= 4 is 17.9 Å². The molecule has 0 rings (SSSR count). The Morgan fingerprint density at radius 2 is 0.547 bits per heavy atom. The molecule has 0 aromatic carbocycles. The maximum absolute atomic E-state index is 12.9. The number of allylic oxidation sites excluding steroid dienone is 14. The largest absolute Gasteiger partial charge is 0.462 e. The minimum Gasteiger partial charge on any atom is -0.462 e. The summed E-state index contributed by atoms with van der Waals surface area (Å²) in [4.78, 5) is 38.2. The Morgan fingerprint density at radius 3 is 0.907 bits per heavy atom. The monoisotopic (exact) mass is 1040 g/mol. The van der Waals surface area contributed by atoms with E-state index in [0.29, 0.717) is 19.3 Å². The van der Waals surface area contributed by atoms with Gasteiger partial charge in [0.05, 0.1) is 0 Å². The molecule has 0 fully saturated rings. The van der Waals surface area contributed by atoms with Crippen LogP contribution in [-0.4, -0.2) is 37.2 Å². The second kappa shape index (κ2) is 63.1. The number of unbranched alkanes of at least 4 members (excludes halogenated alkanes) is 33. The molecule has 0 N–H and O–H groups in total. The normalized spacial score (nSPS) is 12.6. The maximum Gasteiger partial charge on any atom is 0.306 e. The zero-order valence-electron chi connectivity index (χ0n) is 49.6. The molecule has 1 atom stereocenters. The third-order valence-corrected chi connectivity index (χ3v) is 13.9. The molecule has 0 aromatic heterocycles. The van der Waals surface area contributed by atoms with Gasteiger partial charge in [-0.1, -0.05) is 279 Å². The highest BCUT2D eigenvalue weighted by Gasteiger charge is 2.19. The highest BCUT2D eigenvalue weighted by molar-refractivity contribution is 5.71. The molecule has 0 bridgehead atoms. The van der Waals surface area contributed by atoms with Crippen molar-refractivity contribution in [2.24, 2.45) is 0 Å². The zero-order valence-corrected chi connectivity index (χ0v) is 49.6. The van der Waals surface area contributed by atoms with Crippen molar-refractivity contribution in [2.45, 2.75) is 322 Å². The summed E-state index contributed by atoms with van der Waals surface area (Å²) >= 11 is 0. The lowest BCUT2D eigenvalue weighted by molar-refractivity contribution is -0.166. The van der Waals surface area contributed by atoms with Crippen molar-refractivity contribution in [3.05, 3.63) is 85.1 Å². The third-order valence-electron chi connectivity index (χ3n) is 13.9. The van der Waals surface area contributed by atoms with Crippen LogP contribution in [0.3, 0.4) is 0 Å². The number of carbonyl (C=O) groups excluding carboxylic acids is 3. The minimum atomic E-state index is -0.808. The van der Waals surface area contributed by atoms with E-state index in [9.17, 15) is 14.4 Å². The topological polar surface area (TPSA) is 78.9 Å². The second-order valence-corrected chi connectivity index (χ2v) is 21.3. The predicted octanol–water partition coefficient (Wildman–Crippen LogP) is 21.9. The Kier molecular flexibility index (Phi) is 60.3. The van der Waals surface area contributed by atoms with E-state index in [0.717, 1.165) is 70.6 Å². The SMILES string of the molecule is CC/C=C\C/C=C\C/C=C\C/C=C\CCC(=O)OCC(COC(=O)CCCCCCCCCCCCC/C=C\C/C=C\CCCCCCC)OC(=O)CCCCCCCCCCC/C=C\CCCCCCCCCC. The van der Waals surface area contributed by atoms with Crippen LogP contribution in [0.4, 0.5) is 0 Å². The van der Waals surface area contributed by atoms with Gasteiger partial charge in [-0.15, -0.1) is 0 Å². The highest BCUT2D eigenvalue weighted by Crippen LogP contribution is 2.16. The van der Waals surface area contributed by atoms with Gasteiger partial charge < -0.3 is 14.2 Å². The zero-order chi connectivity index (χ0) is 54.3. The number of rotatable bonds is 58. The molecular weight excluding hydrogens is 925 g/mol. The fourth-order valence-electron chi connectivity index (χ4n) is 9.07. The first-order chi connectivity index (χ1) is 37.0. The average Bonchev–Trinajstić information content (AvgIpc) is 3.41. The van der Waals surface area contributed by atoms with Crippen molar-refractivity contribution < 1.29 is 28.6 Å². The molecule has 0 aliphatic carbocycles. The van der Waals surface area contributed by atoms with Gasteiger partial charge in [0, 0.05) is 19.3 Å². The van der Waals surface area contributed by atoms with Crippen LogP contribution in [0.5, 0.6) is 0 Å². The van der Waals surface area contributed by atoms with Gasteiger partial charge in [0.25, 0.3) is 0 Å². The van der Waals surface area contributed by atoms with Gasteiger partial charge >= 0.3 is 17.9 Å². The molecule has 0 aliphatic rings. The maximum atomic E-state index is 12.9. The Hall–Kier alpha value is -3.41. The van der Waals surface area contributed by atoms with E-state index >= 15 is 0 Å². The predicted molar refractivity (Wildman–Crippen MR) is 325 cm³/mol. The van der Waals surface area contributed by atoms with Crippen LogP contribution in [0.25, 0.3) is 0 Å². The van der Waals surface area contributed by atoms with Gasteiger partial charge in [-0.05, 0) is 103 Å². The molecule has 0 aromatic rings. The fourth-order valence-corrected chi connectivity index (χ4v) is 9.07. The summed E-state index contributed by atoms with van der Waals surface area (Å²) in [7, 11) is 0. The Bertz CT molecular complexity index is 1430. The van der Waals surface area contributed by atoms with Gasteiger partial charge in [-0.3, -0.25) is 14.4 Å². The van der Waals surface area contributed by atoms with Gasteiger partial charge in [0.15, 0.2) is 6.10 Å². The number of hydrogen-bond acceptors (Lipinski definition) is 6. The molecule has 432 valence electrons. The lowest BCUT2D eigenvalue weighted by atomic mass is 10.0. The van der Waals surface area contributed by atoms with Gasteiger partial charge in [-0.2, -0.15) is 0 Å².